The molecule has 0 atom stereocenters. The predicted molar refractivity (Wildman–Crippen MR) is 147 cm³/mol. The lowest BCUT2D eigenvalue weighted by Gasteiger charge is -2.11. The van der Waals surface area contributed by atoms with Crippen molar-refractivity contribution in [1.82, 2.24) is 24.1 Å². The lowest BCUT2D eigenvalue weighted by molar-refractivity contribution is -0.141. The van der Waals surface area contributed by atoms with E-state index in [0.29, 0.717) is 62.5 Å². The van der Waals surface area contributed by atoms with E-state index in [0.717, 1.165) is 36.0 Å². The highest BCUT2D eigenvalue weighted by molar-refractivity contribution is 5.97. The maximum absolute atomic E-state index is 13.9. The van der Waals surface area contributed by atoms with Gasteiger partial charge in [-0.3, -0.25) is 18.9 Å². The third kappa shape index (κ3) is 6.78. The summed E-state index contributed by atoms with van der Waals surface area (Å²) >= 11 is 0. The monoisotopic (exact) mass is 555 g/mol. The highest BCUT2D eigenvalue weighted by Gasteiger charge is 2.38. The first-order valence-electron chi connectivity index (χ1n) is 13.9. The number of nitrogens with zero attached hydrogens (tertiary/aromatic N) is 5. The second-order valence-electron chi connectivity index (χ2n) is 9.88. The molecular weight excluding hydrogens is 519 g/mol. The van der Waals surface area contributed by atoms with Crippen LogP contribution in [-0.4, -0.2) is 43.1 Å². The van der Waals surface area contributed by atoms with E-state index in [9.17, 15) is 18.0 Å². The lowest BCUT2D eigenvalue weighted by atomic mass is 9.95. The zero-order valence-corrected chi connectivity index (χ0v) is 23.3. The normalized spacial score (nSPS) is 11.9. The van der Waals surface area contributed by atoms with Crippen molar-refractivity contribution in [3.05, 3.63) is 71.1 Å². The Bertz CT molecular complexity index is 1440. The van der Waals surface area contributed by atoms with Gasteiger partial charge in [0.2, 0.25) is 0 Å². The minimum atomic E-state index is -4.59. The van der Waals surface area contributed by atoms with E-state index in [2.05, 4.69) is 22.0 Å². The summed E-state index contributed by atoms with van der Waals surface area (Å²) in [6.07, 6.45) is 6.28. The van der Waals surface area contributed by atoms with Crippen molar-refractivity contribution in [2.24, 2.45) is 0 Å². The Morgan fingerprint density at radius 1 is 1.05 bits per heavy atom. The lowest BCUT2D eigenvalue weighted by Crippen LogP contribution is -2.09. The molecule has 4 aromatic rings. The summed E-state index contributed by atoms with van der Waals surface area (Å²) in [4.78, 5) is 21.8. The molecule has 0 amide bonds. The van der Waals surface area contributed by atoms with E-state index in [1.807, 2.05) is 32.0 Å². The molecule has 0 N–H and O–H groups in total. The van der Waals surface area contributed by atoms with E-state index in [1.165, 1.54) is 17.1 Å². The molecule has 0 spiro atoms. The predicted octanol–water partition coefficient (Wildman–Crippen LogP) is 6.95. The van der Waals surface area contributed by atoms with Gasteiger partial charge in [-0.15, -0.1) is 0 Å². The Labute approximate surface area is 232 Å². The fourth-order valence-corrected chi connectivity index (χ4v) is 4.78. The fourth-order valence-electron chi connectivity index (χ4n) is 4.78. The molecule has 0 radical (unpaired) electrons. The number of carbonyl (C=O) groups is 1. The van der Waals surface area contributed by atoms with Crippen LogP contribution in [0.3, 0.4) is 0 Å². The van der Waals surface area contributed by atoms with Gasteiger partial charge in [-0.1, -0.05) is 45.4 Å². The molecule has 0 bridgehead atoms. The molecular formula is C30H36F3N5O2. The number of fused-ring (bicyclic) bond motifs is 1. The molecule has 0 saturated heterocycles. The SMILES string of the molecule is CCCCn1cc(-c2cnc3c(Cc4ccc(C(=O)CCCOCCC)c(CC)c4)nccn23)c(C(F)(F)F)n1. The fraction of sp³-hybridized carbons (Fsp3) is 0.467. The van der Waals surface area contributed by atoms with Crippen LogP contribution in [0.1, 0.15) is 85.7 Å². The molecule has 4 rings (SSSR count). The van der Waals surface area contributed by atoms with Gasteiger partial charge in [0.25, 0.3) is 0 Å². The van der Waals surface area contributed by atoms with Gasteiger partial charge in [0, 0.05) is 56.8 Å². The first-order valence-corrected chi connectivity index (χ1v) is 13.9. The van der Waals surface area contributed by atoms with Crippen molar-refractivity contribution >= 4 is 11.4 Å². The second-order valence-corrected chi connectivity index (χ2v) is 9.88. The van der Waals surface area contributed by atoms with Crippen LogP contribution in [0.4, 0.5) is 13.2 Å². The van der Waals surface area contributed by atoms with Crippen LogP contribution in [0.25, 0.3) is 16.9 Å². The minimum absolute atomic E-state index is 0.00974. The number of imidazole rings is 1. The number of Topliss-reactive ketones (excluding diaryl/α,β-unsaturated/α-hetero) is 1. The van der Waals surface area contributed by atoms with Crippen LogP contribution >= 0.6 is 0 Å². The number of rotatable bonds is 14. The number of halogens is 3. The molecule has 0 unspecified atom stereocenters. The van der Waals surface area contributed by atoms with Crippen molar-refractivity contribution < 1.29 is 22.7 Å². The minimum Gasteiger partial charge on any atom is -0.381 e. The summed E-state index contributed by atoms with van der Waals surface area (Å²) < 4.78 is 50.1. The van der Waals surface area contributed by atoms with Crippen LogP contribution < -0.4 is 0 Å². The number of hydrogen-bond donors (Lipinski definition) is 0. The molecule has 7 nitrogen and oxygen atoms in total. The number of aromatic nitrogens is 5. The van der Waals surface area contributed by atoms with Crippen molar-refractivity contribution in [1.29, 1.82) is 0 Å². The van der Waals surface area contributed by atoms with Gasteiger partial charge in [0.05, 0.1) is 23.1 Å². The molecule has 3 heterocycles. The average molecular weight is 556 g/mol. The van der Waals surface area contributed by atoms with Crippen LogP contribution in [0.5, 0.6) is 0 Å². The number of benzene rings is 1. The van der Waals surface area contributed by atoms with Gasteiger partial charge in [0.1, 0.15) is 0 Å². The number of aryl methyl sites for hydroxylation is 2. The van der Waals surface area contributed by atoms with Gasteiger partial charge in [0.15, 0.2) is 17.1 Å². The first kappa shape index (κ1) is 29.5. The number of ketones is 1. The quantitative estimate of drug-likeness (QED) is 0.124. The molecule has 1 aromatic carbocycles. The molecule has 10 heteroatoms. The summed E-state index contributed by atoms with van der Waals surface area (Å²) in [6.45, 7) is 7.73. The highest BCUT2D eigenvalue weighted by Crippen LogP contribution is 2.36. The van der Waals surface area contributed by atoms with E-state index in [-0.39, 0.29) is 11.3 Å². The molecule has 3 aromatic heterocycles. The summed E-state index contributed by atoms with van der Waals surface area (Å²) in [5.74, 6) is 0.0987. The van der Waals surface area contributed by atoms with E-state index < -0.39 is 11.9 Å². The Hall–Kier alpha value is -3.53. The van der Waals surface area contributed by atoms with Gasteiger partial charge in [-0.2, -0.15) is 18.3 Å². The molecule has 40 heavy (non-hydrogen) atoms. The standard InChI is InChI=1S/C30H36F3N5O2/c1-4-7-13-37-20-24(28(36-37)30(31,32)33)26-19-35-29-25(34-12-14-38(26)29)18-21-10-11-23(22(6-3)17-21)27(39)9-8-16-40-15-5-2/h10-12,14,17,19-20H,4-9,13,15-16,18H2,1-3H3. The Morgan fingerprint density at radius 3 is 2.60 bits per heavy atom. The van der Waals surface area contributed by atoms with E-state index >= 15 is 0 Å². The third-order valence-electron chi connectivity index (χ3n) is 6.81. The maximum Gasteiger partial charge on any atom is 0.435 e. The summed E-state index contributed by atoms with van der Waals surface area (Å²) in [7, 11) is 0. The van der Waals surface area contributed by atoms with Gasteiger partial charge in [-0.25, -0.2) is 4.98 Å². The van der Waals surface area contributed by atoms with Gasteiger partial charge >= 0.3 is 6.18 Å². The summed E-state index contributed by atoms with van der Waals surface area (Å²) in [5.41, 5.74) is 3.13. The topological polar surface area (TPSA) is 74.3 Å². The Kier molecular flexibility index (Phi) is 9.73. The largest absolute Gasteiger partial charge is 0.435 e. The number of alkyl halides is 3. The molecule has 0 fully saturated rings. The number of hydrogen-bond acceptors (Lipinski definition) is 5. The second kappa shape index (κ2) is 13.2. The zero-order valence-electron chi connectivity index (χ0n) is 23.3. The Balaban J connectivity index is 1.59. The van der Waals surface area contributed by atoms with Crippen LogP contribution in [0.2, 0.25) is 0 Å². The maximum atomic E-state index is 13.9. The van der Waals surface area contributed by atoms with Gasteiger partial charge in [-0.05, 0) is 36.8 Å². The van der Waals surface area contributed by atoms with Crippen LogP contribution in [-0.2, 0) is 30.3 Å². The molecule has 0 aliphatic rings. The highest BCUT2D eigenvalue weighted by atomic mass is 19.4. The molecule has 0 aliphatic carbocycles. The number of ether oxygens (including phenoxy) is 1. The Morgan fingerprint density at radius 2 is 1.88 bits per heavy atom. The van der Waals surface area contributed by atoms with Crippen molar-refractivity contribution in [2.45, 2.75) is 78.4 Å². The summed E-state index contributed by atoms with van der Waals surface area (Å²) in [5, 5.41) is 3.85. The summed E-state index contributed by atoms with van der Waals surface area (Å²) in [6, 6.07) is 5.78. The smallest absolute Gasteiger partial charge is 0.381 e. The number of unbranched alkanes of at least 4 members (excludes halogenated alkanes) is 1. The van der Waals surface area contributed by atoms with Gasteiger partial charge < -0.3 is 4.74 Å². The van der Waals surface area contributed by atoms with Crippen molar-refractivity contribution in [3.63, 3.8) is 0 Å². The molecule has 214 valence electrons. The van der Waals surface area contributed by atoms with E-state index in [1.54, 1.807) is 16.8 Å². The van der Waals surface area contributed by atoms with Crippen molar-refractivity contribution in [3.8, 4) is 11.3 Å². The van der Waals surface area contributed by atoms with Crippen LogP contribution in [0, 0.1) is 0 Å². The van der Waals surface area contributed by atoms with Crippen LogP contribution in [0.15, 0.2) is 43.0 Å². The molecule has 0 saturated carbocycles. The zero-order chi connectivity index (χ0) is 28.7. The average Bonchev–Trinajstić information content (AvgIpc) is 3.56. The first-order chi connectivity index (χ1) is 19.3. The van der Waals surface area contributed by atoms with E-state index in [4.69, 9.17) is 4.74 Å². The molecule has 0 aliphatic heterocycles. The van der Waals surface area contributed by atoms with Crippen molar-refractivity contribution in [2.75, 3.05) is 13.2 Å². The third-order valence-corrected chi connectivity index (χ3v) is 6.81. The number of carbonyl (C=O) groups excluding carboxylic acids is 1.